The molecular weight excluding hydrogens is 360 g/mol. The van der Waals surface area contributed by atoms with Gasteiger partial charge in [0, 0.05) is 24.6 Å². The molecule has 7 heteroatoms. The second kappa shape index (κ2) is 6.99. The number of ether oxygens (including phenoxy) is 2. The average molecular weight is 380 g/mol. The summed E-state index contributed by atoms with van der Waals surface area (Å²) in [5, 5.41) is 2.90. The molecule has 1 N–H and O–H groups in total. The summed E-state index contributed by atoms with van der Waals surface area (Å²) in [6.07, 6.45) is 0.291. The molecule has 1 unspecified atom stereocenters. The summed E-state index contributed by atoms with van der Waals surface area (Å²) < 4.78 is 10.4. The Morgan fingerprint density at radius 1 is 1.25 bits per heavy atom. The number of benzene rings is 2. The number of fused-ring (bicyclic) bond motifs is 2. The van der Waals surface area contributed by atoms with Gasteiger partial charge in [0.05, 0.1) is 18.4 Å². The number of rotatable bonds is 3. The van der Waals surface area contributed by atoms with Crippen LogP contribution in [-0.2, 0) is 14.3 Å². The normalized spacial score (nSPS) is 17.9. The van der Waals surface area contributed by atoms with Crippen LogP contribution in [0.3, 0.4) is 0 Å². The first-order chi connectivity index (χ1) is 13.5. The van der Waals surface area contributed by atoms with Crippen LogP contribution in [0.15, 0.2) is 36.4 Å². The van der Waals surface area contributed by atoms with E-state index in [0.717, 1.165) is 11.1 Å². The van der Waals surface area contributed by atoms with Gasteiger partial charge in [-0.05, 0) is 42.3 Å². The van der Waals surface area contributed by atoms with Gasteiger partial charge in [-0.1, -0.05) is 12.1 Å². The van der Waals surface area contributed by atoms with Gasteiger partial charge in [0.15, 0.2) is 6.61 Å². The third kappa shape index (κ3) is 2.98. The molecule has 0 saturated heterocycles. The number of hydrogen-bond donors (Lipinski definition) is 1. The first-order valence-corrected chi connectivity index (χ1v) is 9.11. The molecule has 1 atom stereocenters. The summed E-state index contributed by atoms with van der Waals surface area (Å²) in [6.45, 7) is 2.43. The third-order valence-corrected chi connectivity index (χ3v) is 5.16. The highest BCUT2D eigenvalue weighted by molar-refractivity contribution is 6.01. The van der Waals surface area contributed by atoms with E-state index in [9.17, 15) is 14.4 Å². The lowest BCUT2D eigenvalue weighted by molar-refractivity contribution is -0.121. The molecule has 2 aliphatic heterocycles. The second-order valence-corrected chi connectivity index (χ2v) is 6.75. The van der Waals surface area contributed by atoms with Crippen molar-refractivity contribution in [3.8, 4) is 5.75 Å². The number of esters is 1. The van der Waals surface area contributed by atoms with Gasteiger partial charge in [-0.3, -0.25) is 9.59 Å². The van der Waals surface area contributed by atoms with Crippen molar-refractivity contribution >= 4 is 29.2 Å². The number of hydrogen-bond acceptors (Lipinski definition) is 5. The zero-order valence-corrected chi connectivity index (χ0v) is 15.7. The van der Waals surface area contributed by atoms with Gasteiger partial charge in [-0.25, -0.2) is 4.79 Å². The lowest BCUT2D eigenvalue weighted by Crippen LogP contribution is -2.39. The number of carbonyl (C=O) groups is 3. The number of carbonyl (C=O) groups excluding carboxylic acids is 3. The van der Waals surface area contributed by atoms with Crippen LogP contribution < -0.4 is 15.0 Å². The van der Waals surface area contributed by atoms with E-state index in [4.69, 9.17) is 9.47 Å². The van der Waals surface area contributed by atoms with Gasteiger partial charge in [0.25, 0.3) is 5.91 Å². The van der Waals surface area contributed by atoms with Crippen molar-refractivity contribution in [2.75, 3.05) is 30.5 Å². The fourth-order valence-corrected chi connectivity index (χ4v) is 3.77. The Balaban J connectivity index is 1.76. The fourth-order valence-electron chi connectivity index (χ4n) is 3.77. The van der Waals surface area contributed by atoms with Gasteiger partial charge < -0.3 is 19.7 Å². The fraction of sp³-hybridized carbons (Fsp3) is 0.286. The first kappa shape index (κ1) is 18.0. The molecule has 7 nitrogen and oxygen atoms in total. The second-order valence-electron chi connectivity index (χ2n) is 6.75. The molecule has 4 rings (SSSR count). The van der Waals surface area contributed by atoms with Gasteiger partial charge >= 0.3 is 5.97 Å². The third-order valence-electron chi connectivity index (χ3n) is 5.16. The Morgan fingerprint density at radius 3 is 2.68 bits per heavy atom. The molecule has 0 saturated carbocycles. The Labute approximate surface area is 162 Å². The van der Waals surface area contributed by atoms with Crippen molar-refractivity contribution in [2.45, 2.75) is 19.3 Å². The number of anilines is 2. The highest BCUT2D eigenvalue weighted by atomic mass is 16.5. The van der Waals surface area contributed by atoms with Crippen LogP contribution >= 0.6 is 0 Å². The number of nitrogens with zero attached hydrogens (tertiary/aromatic N) is 1. The van der Waals surface area contributed by atoms with Crippen molar-refractivity contribution in [2.24, 2.45) is 0 Å². The molecule has 0 aliphatic carbocycles. The monoisotopic (exact) mass is 380 g/mol. The predicted octanol–water partition coefficient (Wildman–Crippen LogP) is 2.69. The summed E-state index contributed by atoms with van der Waals surface area (Å²) in [5.41, 5.74) is 3.64. The molecule has 0 radical (unpaired) electrons. The maximum Gasteiger partial charge on any atom is 0.337 e. The first-order valence-electron chi connectivity index (χ1n) is 9.11. The molecule has 0 aromatic heterocycles. The molecule has 2 aromatic rings. The molecular formula is C21H20N2O5. The van der Waals surface area contributed by atoms with E-state index in [0.29, 0.717) is 35.7 Å². The Morgan fingerprint density at radius 2 is 2.00 bits per heavy atom. The quantitative estimate of drug-likeness (QED) is 0.828. The van der Waals surface area contributed by atoms with E-state index in [1.54, 1.807) is 23.1 Å². The highest BCUT2D eigenvalue weighted by Crippen LogP contribution is 2.44. The minimum atomic E-state index is -0.403. The van der Waals surface area contributed by atoms with Crippen molar-refractivity contribution < 1.29 is 23.9 Å². The van der Waals surface area contributed by atoms with Gasteiger partial charge in [-0.15, -0.1) is 0 Å². The largest absolute Gasteiger partial charge is 0.482 e. The maximum absolute atomic E-state index is 12.3. The van der Waals surface area contributed by atoms with Crippen molar-refractivity contribution in [1.82, 2.24) is 0 Å². The predicted molar refractivity (Wildman–Crippen MR) is 103 cm³/mol. The molecule has 144 valence electrons. The lowest BCUT2D eigenvalue weighted by Gasteiger charge is -2.32. The van der Waals surface area contributed by atoms with Crippen molar-refractivity contribution in [3.05, 3.63) is 53.1 Å². The van der Waals surface area contributed by atoms with Gasteiger partial charge in [-0.2, -0.15) is 0 Å². The minimum Gasteiger partial charge on any atom is -0.482 e. The van der Waals surface area contributed by atoms with E-state index in [1.807, 2.05) is 25.1 Å². The van der Waals surface area contributed by atoms with E-state index in [-0.39, 0.29) is 24.3 Å². The summed E-state index contributed by atoms with van der Waals surface area (Å²) in [4.78, 5) is 37.7. The number of methoxy groups -OCH3 is 1. The van der Waals surface area contributed by atoms with Crippen LogP contribution in [0.4, 0.5) is 11.4 Å². The standard InChI is InChI=1S/C21H20N2O5/c1-3-23-17-10-16-15(8-18(17)28-11-20(23)25)14(9-19(24)22-16)12-4-6-13(7-5-12)21(26)27-2/h4-8,10,14H,3,9,11H2,1-2H3,(H,22,24). The Hall–Kier alpha value is -3.35. The Kier molecular flexibility index (Phi) is 4.50. The molecule has 2 amide bonds. The number of nitrogens with one attached hydrogen (secondary N) is 1. The van der Waals surface area contributed by atoms with Crippen molar-refractivity contribution in [3.63, 3.8) is 0 Å². The minimum absolute atomic E-state index is 0.00444. The van der Waals surface area contributed by atoms with Gasteiger partial charge in [0.2, 0.25) is 5.91 Å². The van der Waals surface area contributed by atoms with Gasteiger partial charge in [0.1, 0.15) is 5.75 Å². The molecule has 0 fully saturated rings. The zero-order chi connectivity index (χ0) is 19.8. The molecule has 2 aliphatic rings. The highest BCUT2D eigenvalue weighted by Gasteiger charge is 2.32. The number of amides is 2. The molecule has 2 aromatic carbocycles. The summed E-state index contributed by atoms with van der Waals surface area (Å²) in [7, 11) is 1.34. The lowest BCUT2D eigenvalue weighted by atomic mass is 9.84. The molecule has 0 spiro atoms. The Bertz CT molecular complexity index is 968. The summed E-state index contributed by atoms with van der Waals surface area (Å²) in [5.74, 6) is -0.141. The van der Waals surface area contributed by atoms with Crippen LogP contribution in [0.2, 0.25) is 0 Å². The van der Waals surface area contributed by atoms with E-state index in [1.165, 1.54) is 7.11 Å². The summed E-state index contributed by atoms with van der Waals surface area (Å²) in [6, 6.07) is 10.8. The van der Waals surface area contributed by atoms with E-state index in [2.05, 4.69) is 5.32 Å². The van der Waals surface area contributed by atoms with Crippen molar-refractivity contribution in [1.29, 1.82) is 0 Å². The van der Waals surface area contributed by atoms with Crippen LogP contribution in [0.1, 0.15) is 40.7 Å². The van der Waals surface area contributed by atoms with Crippen LogP contribution in [-0.4, -0.2) is 38.0 Å². The molecule has 0 bridgehead atoms. The molecule has 28 heavy (non-hydrogen) atoms. The summed E-state index contributed by atoms with van der Waals surface area (Å²) >= 11 is 0. The van der Waals surface area contributed by atoms with E-state index >= 15 is 0 Å². The van der Waals surface area contributed by atoms with Crippen LogP contribution in [0.25, 0.3) is 0 Å². The topological polar surface area (TPSA) is 84.9 Å². The van der Waals surface area contributed by atoms with E-state index < -0.39 is 5.97 Å². The van der Waals surface area contributed by atoms with Crippen LogP contribution in [0, 0.1) is 0 Å². The smallest absolute Gasteiger partial charge is 0.337 e. The zero-order valence-electron chi connectivity index (χ0n) is 15.7. The SMILES string of the molecule is CCN1C(=O)COc2cc3c(cc21)NC(=O)CC3c1ccc(C(=O)OC)cc1. The number of likely N-dealkylation sites (N-methyl/N-ethyl adjacent to an activating group) is 1. The molecule has 2 heterocycles. The maximum atomic E-state index is 12.3. The average Bonchev–Trinajstić information content (AvgIpc) is 2.71. The van der Waals surface area contributed by atoms with Crippen LogP contribution in [0.5, 0.6) is 5.75 Å².